The molecule has 3 rings (SSSR count). The zero-order chi connectivity index (χ0) is 21.7. The lowest BCUT2D eigenvalue weighted by molar-refractivity contribution is 0.0971. The van der Waals surface area contributed by atoms with Crippen molar-refractivity contribution in [3.8, 4) is 11.3 Å². The summed E-state index contributed by atoms with van der Waals surface area (Å²) in [7, 11) is 1.55. The fourth-order valence-electron chi connectivity index (χ4n) is 2.92. The van der Waals surface area contributed by atoms with Crippen molar-refractivity contribution in [1.82, 2.24) is 4.98 Å². The van der Waals surface area contributed by atoms with Crippen LogP contribution in [0.25, 0.3) is 11.3 Å². The molecule has 0 unspecified atom stereocenters. The highest BCUT2D eigenvalue weighted by Gasteiger charge is 2.22. The number of methoxy groups -OCH3 is 1. The standard InChI is InChI=1S/C22H19Cl2N3O3/c1-30-11-10-27(22(29)16-7-5-14(21(25)28)12-19(16)24)15-6-8-18(23)17(13-15)20-4-2-3-9-26-20/h2-9,12-13H,10-11H2,1H3,(H2,25,28). The highest BCUT2D eigenvalue weighted by Crippen LogP contribution is 2.32. The maximum absolute atomic E-state index is 13.3. The lowest BCUT2D eigenvalue weighted by atomic mass is 10.1. The predicted octanol–water partition coefficient (Wildman–Crippen LogP) is 4.45. The average molecular weight is 444 g/mol. The number of hydrogen-bond donors (Lipinski definition) is 1. The first kappa shape index (κ1) is 21.8. The number of aromatic nitrogens is 1. The summed E-state index contributed by atoms with van der Waals surface area (Å²) >= 11 is 12.6. The van der Waals surface area contributed by atoms with Crippen LogP contribution in [0.2, 0.25) is 10.0 Å². The second-order valence-electron chi connectivity index (χ2n) is 6.39. The molecule has 0 aliphatic rings. The van der Waals surface area contributed by atoms with Gasteiger partial charge in [-0.2, -0.15) is 0 Å². The molecule has 0 saturated carbocycles. The van der Waals surface area contributed by atoms with Crippen LogP contribution < -0.4 is 10.6 Å². The van der Waals surface area contributed by atoms with Crippen LogP contribution in [0.1, 0.15) is 20.7 Å². The number of benzene rings is 2. The molecule has 30 heavy (non-hydrogen) atoms. The number of primary amides is 1. The smallest absolute Gasteiger partial charge is 0.259 e. The summed E-state index contributed by atoms with van der Waals surface area (Å²) in [6, 6.07) is 15.1. The molecule has 3 aromatic rings. The number of carbonyl (C=O) groups excluding carboxylic acids is 2. The summed E-state index contributed by atoms with van der Waals surface area (Å²) in [5, 5.41) is 0.651. The molecule has 0 fully saturated rings. The first-order valence-corrected chi connectivity index (χ1v) is 9.79. The van der Waals surface area contributed by atoms with Crippen LogP contribution in [0.15, 0.2) is 60.8 Å². The SMILES string of the molecule is COCCN(C(=O)c1ccc(C(N)=O)cc1Cl)c1ccc(Cl)c(-c2ccccn2)c1. The molecule has 6 nitrogen and oxygen atoms in total. The number of nitrogens with two attached hydrogens (primary N) is 1. The molecule has 0 aliphatic carbocycles. The fraction of sp³-hybridized carbons (Fsp3) is 0.136. The van der Waals surface area contributed by atoms with Crippen molar-refractivity contribution in [1.29, 1.82) is 0 Å². The molecule has 2 aromatic carbocycles. The third-order valence-electron chi connectivity index (χ3n) is 4.45. The number of amides is 2. The molecule has 0 atom stereocenters. The van der Waals surface area contributed by atoms with Gasteiger partial charge in [0.05, 0.1) is 27.9 Å². The third kappa shape index (κ3) is 4.79. The van der Waals surface area contributed by atoms with E-state index in [2.05, 4.69) is 4.98 Å². The van der Waals surface area contributed by atoms with Gasteiger partial charge in [0, 0.05) is 36.7 Å². The van der Waals surface area contributed by atoms with Crippen LogP contribution in [-0.2, 0) is 4.74 Å². The van der Waals surface area contributed by atoms with E-state index in [1.165, 1.54) is 23.1 Å². The molecule has 154 valence electrons. The maximum Gasteiger partial charge on any atom is 0.259 e. The molecule has 0 spiro atoms. The van der Waals surface area contributed by atoms with Crippen LogP contribution in [0.4, 0.5) is 5.69 Å². The van der Waals surface area contributed by atoms with E-state index in [9.17, 15) is 9.59 Å². The van der Waals surface area contributed by atoms with E-state index >= 15 is 0 Å². The van der Waals surface area contributed by atoms with Gasteiger partial charge in [0.1, 0.15) is 0 Å². The highest BCUT2D eigenvalue weighted by atomic mass is 35.5. The Morgan fingerprint density at radius 2 is 1.87 bits per heavy atom. The summed E-state index contributed by atoms with van der Waals surface area (Å²) in [5.41, 5.74) is 7.74. The van der Waals surface area contributed by atoms with Gasteiger partial charge in [0.2, 0.25) is 5.91 Å². The predicted molar refractivity (Wildman–Crippen MR) is 118 cm³/mol. The largest absolute Gasteiger partial charge is 0.383 e. The van der Waals surface area contributed by atoms with Crippen molar-refractivity contribution in [3.63, 3.8) is 0 Å². The number of hydrogen-bond acceptors (Lipinski definition) is 4. The zero-order valence-corrected chi connectivity index (χ0v) is 17.7. The number of nitrogens with zero attached hydrogens (tertiary/aromatic N) is 2. The molecule has 0 aliphatic heterocycles. The van der Waals surface area contributed by atoms with Gasteiger partial charge >= 0.3 is 0 Å². The Kier molecular flexibility index (Phi) is 7.05. The fourth-order valence-corrected chi connectivity index (χ4v) is 3.39. The highest BCUT2D eigenvalue weighted by molar-refractivity contribution is 6.35. The summed E-state index contributed by atoms with van der Waals surface area (Å²) in [4.78, 5) is 30.6. The van der Waals surface area contributed by atoms with Gasteiger partial charge in [-0.15, -0.1) is 0 Å². The van der Waals surface area contributed by atoms with Crippen molar-refractivity contribution in [3.05, 3.63) is 82.0 Å². The van der Waals surface area contributed by atoms with E-state index in [4.69, 9.17) is 33.7 Å². The molecule has 2 amide bonds. The van der Waals surface area contributed by atoms with Crippen LogP contribution in [0.3, 0.4) is 0 Å². The van der Waals surface area contributed by atoms with Gasteiger partial charge in [-0.25, -0.2) is 0 Å². The molecular weight excluding hydrogens is 425 g/mol. The minimum absolute atomic E-state index is 0.137. The van der Waals surface area contributed by atoms with Crippen LogP contribution >= 0.6 is 23.2 Å². The van der Waals surface area contributed by atoms with Crippen molar-refractivity contribution in [2.75, 3.05) is 25.2 Å². The Bertz CT molecular complexity index is 1070. The maximum atomic E-state index is 13.3. The normalized spacial score (nSPS) is 10.6. The van der Waals surface area contributed by atoms with Crippen molar-refractivity contribution in [2.24, 2.45) is 5.73 Å². The van der Waals surface area contributed by atoms with Crippen molar-refractivity contribution >= 4 is 40.7 Å². The number of ether oxygens (including phenoxy) is 1. The molecule has 0 bridgehead atoms. The van der Waals surface area contributed by atoms with Gasteiger partial charge in [-0.1, -0.05) is 29.3 Å². The minimum atomic E-state index is -0.621. The summed E-state index contributed by atoms with van der Waals surface area (Å²) in [6.45, 7) is 0.594. The van der Waals surface area contributed by atoms with Crippen molar-refractivity contribution < 1.29 is 14.3 Å². The molecule has 1 heterocycles. The molecule has 0 radical (unpaired) electrons. The number of pyridine rings is 1. The lowest BCUT2D eigenvalue weighted by Gasteiger charge is -2.24. The van der Waals surface area contributed by atoms with E-state index in [1.807, 2.05) is 18.2 Å². The Labute approximate surface area is 184 Å². The van der Waals surface area contributed by atoms with Crippen molar-refractivity contribution in [2.45, 2.75) is 0 Å². The summed E-state index contributed by atoms with van der Waals surface area (Å²) in [6.07, 6.45) is 1.67. The third-order valence-corrected chi connectivity index (χ3v) is 5.09. The Morgan fingerprint density at radius 1 is 1.07 bits per heavy atom. The number of anilines is 1. The zero-order valence-electron chi connectivity index (χ0n) is 16.1. The number of halogens is 2. The number of rotatable bonds is 7. The average Bonchev–Trinajstić information content (AvgIpc) is 2.75. The molecule has 0 saturated heterocycles. The first-order valence-electron chi connectivity index (χ1n) is 9.03. The Balaban J connectivity index is 2.03. The van der Waals surface area contributed by atoms with E-state index in [1.54, 1.807) is 31.5 Å². The van der Waals surface area contributed by atoms with E-state index in [0.717, 1.165) is 0 Å². The van der Waals surface area contributed by atoms with E-state index < -0.39 is 5.91 Å². The van der Waals surface area contributed by atoms with Gasteiger partial charge < -0.3 is 15.4 Å². The van der Waals surface area contributed by atoms with Gasteiger partial charge in [-0.05, 0) is 48.5 Å². The van der Waals surface area contributed by atoms with Crippen LogP contribution in [0, 0.1) is 0 Å². The lowest BCUT2D eigenvalue weighted by Crippen LogP contribution is -2.34. The molecule has 1 aromatic heterocycles. The van der Waals surface area contributed by atoms with Gasteiger partial charge in [0.25, 0.3) is 5.91 Å². The van der Waals surface area contributed by atoms with Crippen LogP contribution in [-0.4, -0.2) is 37.1 Å². The van der Waals surface area contributed by atoms with Gasteiger partial charge in [-0.3, -0.25) is 14.6 Å². The second kappa shape index (κ2) is 9.71. The van der Waals surface area contributed by atoms with E-state index in [-0.39, 0.29) is 28.6 Å². The monoisotopic (exact) mass is 443 g/mol. The Morgan fingerprint density at radius 3 is 2.50 bits per heavy atom. The van der Waals surface area contributed by atoms with E-state index in [0.29, 0.717) is 28.6 Å². The molecule has 2 N–H and O–H groups in total. The van der Waals surface area contributed by atoms with Gasteiger partial charge in [0.15, 0.2) is 0 Å². The summed E-state index contributed by atoms with van der Waals surface area (Å²) in [5.74, 6) is -0.966. The summed E-state index contributed by atoms with van der Waals surface area (Å²) < 4.78 is 5.17. The minimum Gasteiger partial charge on any atom is -0.383 e. The first-order chi connectivity index (χ1) is 14.4. The molecular formula is C22H19Cl2N3O3. The second-order valence-corrected chi connectivity index (χ2v) is 7.20. The number of carbonyl (C=O) groups is 2. The quantitative estimate of drug-likeness (QED) is 0.584. The Hall–Kier alpha value is -2.93. The topological polar surface area (TPSA) is 85.5 Å². The van der Waals surface area contributed by atoms with Crippen LogP contribution in [0.5, 0.6) is 0 Å². The molecule has 8 heteroatoms.